The molecule has 4 nitrogen and oxygen atoms in total. The van der Waals surface area contributed by atoms with Crippen molar-refractivity contribution in [3.63, 3.8) is 0 Å². The zero-order chi connectivity index (χ0) is 12.2. The molecule has 0 spiro atoms. The molecule has 0 radical (unpaired) electrons. The Morgan fingerprint density at radius 1 is 1.44 bits per heavy atom. The van der Waals surface area contributed by atoms with E-state index in [1.54, 1.807) is 0 Å². The molecule has 0 aliphatic rings. The van der Waals surface area contributed by atoms with Gasteiger partial charge in [-0.15, -0.1) is 0 Å². The quantitative estimate of drug-likeness (QED) is 0.821. The van der Waals surface area contributed by atoms with E-state index in [-0.39, 0.29) is 11.2 Å². The Morgan fingerprint density at radius 3 is 2.62 bits per heavy atom. The van der Waals surface area contributed by atoms with E-state index in [1.807, 2.05) is 13.8 Å². The molecule has 0 fully saturated rings. The summed E-state index contributed by atoms with van der Waals surface area (Å²) >= 11 is 0.687. The van der Waals surface area contributed by atoms with Gasteiger partial charge in [-0.25, -0.2) is 0 Å². The Balaban J connectivity index is 2.36. The van der Waals surface area contributed by atoms with Crippen LogP contribution in [0, 0.1) is 0 Å². The molecule has 1 N–H and O–H groups in total. The number of alkyl halides is 3. The molecule has 1 aromatic heterocycles. The molecule has 1 heterocycles. The highest BCUT2D eigenvalue weighted by atomic mass is 32.1. The van der Waals surface area contributed by atoms with Gasteiger partial charge in [0.25, 0.3) is 0 Å². The van der Waals surface area contributed by atoms with E-state index in [4.69, 9.17) is 4.74 Å². The zero-order valence-electron chi connectivity index (χ0n) is 8.84. The third-order valence-corrected chi connectivity index (χ3v) is 2.18. The van der Waals surface area contributed by atoms with Crippen molar-refractivity contribution in [1.82, 2.24) is 9.36 Å². The normalized spacial score (nSPS) is 12.1. The number of anilines is 1. The van der Waals surface area contributed by atoms with Crippen LogP contribution < -0.4 is 5.32 Å². The highest BCUT2D eigenvalue weighted by Gasteiger charge is 2.36. The van der Waals surface area contributed by atoms with Crippen molar-refractivity contribution in [2.24, 2.45) is 0 Å². The fraction of sp³-hybridized carbons (Fsp3) is 0.750. The Hall–Kier alpha value is -0.890. The van der Waals surface area contributed by atoms with Crippen molar-refractivity contribution >= 4 is 16.7 Å². The summed E-state index contributed by atoms with van der Waals surface area (Å²) in [5.41, 5.74) is 0. The fourth-order valence-corrected chi connectivity index (χ4v) is 1.47. The third kappa shape index (κ3) is 4.31. The Kier molecular flexibility index (Phi) is 4.48. The van der Waals surface area contributed by atoms with Crippen molar-refractivity contribution in [2.75, 3.05) is 18.5 Å². The van der Waals surface area contributed by atoms with Gasteiger partial charge in [-0.1, -0.05) is 0 Å². The highest BCUT2D eigenvalue weighted by molar-refractivity contribution is 7.09. The van der Waals surface area contributed by atoms with Gasteiger partial charge >= 0.3 is 6.18 Å². The van der Waals surface area contributed by atoms with Crippen LogP contribution in [0.1, 0.15) is 19.7 Å². The average Bonchev–Trinajstić information content (AvgIpc) is 2.59. The van der Waals surface area contributed by atoms with Crippen molar-refractivity contribution in [1.29, 1.82) is 0 Å². The van der Waals surface area contributed by atoms with Gasteiger partial charge in [0.05, 0.1) is 12.7 Å². The molecule has 0 bridgehead atoms. The van der Waals surface area contributed by atoms with Crippen LogP contribution in [0.5, 0.6) is 0 Å². The molecule has 1 aromatic rings. The average molecular weight is 255 g/mol. The summed E-state index contributed by atoms with van der Waals surface area (Å²) in [4.78, 5) is 3.31. The van der Waals surface area contributed by atoms with Crippen LogP contribution in [0.2, 0.25) is 0 Å². The maximum atomic E-state index is 12.1. The summed E-state index contributed by atoms with van der Waals surface area (Å²) in [6, 6.07) is 0. The van der Waals surface area contributed by atoms with Gasteiger partial charge in [-0.2, -0.15) is 22.5 Å². The summed E-state index contributed by atoms with van der Waals surface area (Å²) in [6.07, 6.45) is -4.38. The van der Waals surface area contributed by atoms with Crippen molar-refractivity contribution in [3.8, 4) is 0 Å². The molecule has 0 aliphatic carbocycles. The molecule has 0 aliphatic heterocycles. The van der Waals surface area contributed by atoms with Crippen LogP contribution in [-0.2, 0) is 10.9 Å². The summed E-state index contributed by atoms with van der Waals surface area (Å²) in [5.74, 6) is -1.11. The number of nitrogens with one attached hydrogen (secondary N) is 1. The van der Waals surface area contributed by atoms with Crippen molar-refractivity contribution in [3.05, 3.63) is 5.82 Å². The topological polar surface area (TPSA) is 47.0 Å². The van der Waals surface area contributed by atoms with Gasteiger partial charge in [0.1, 0.15) is 0 Å². The van der Waals surface area contributed by atoms with E-state index in [0.29, 0.717) is 24.7 Å². The first-order chi connectivity index (χ1) is 7.39. The lowest BCUT2D eigenvalue weighted by Gasteiger charge is -2.07. The van der Waals surface area contributed by atoms with E-state index >= 15 is 0 Å². The van der Waals surface area contributed by atoms with E-state index in [1.165, 1.54) is 0 Å². The zero-order valence-corrected chi connectivity index (χ0v) is 9.65. The first-order valence-corrected chi connectivity index (χ1v) is 5.43. The van der Waals surface area contributed by atoms with Gasteiger partial charge in [0.2, 0.25) is 11.0 Å². The molecule has 0 aromatic carbocycles. The van der Waals surface area contributed by atoms with E-state index in [0.717, 1.165) is 0 Å². The van der Waals surface area contributed by atoms with Crippen LogP contribution >= 0.6 is 11.5 Å². The van der Waals surface area contributed by atoms with Crippen LogP contribution in [0.15, 0.2) is 0 Å². The minimum atomic E-state index is -4.48. The predicted molar refractivity (Wildman–Crippen MR) is 54.5 cm³/mol. The number of nitrogens with zero attached hydrogens (tertiary/aromatic N) is 2. The third-order valence-electron chi connectivity index (χ3n) is 1.51. The van der Waals surface area contributed by atoms with E-state index in [2.05, 4.69) is 14.7 Å². The molecule has 0 atom stereocenters. The minimum Gasteiger partial charge on any atom is -0.377 e. The molecular weight excluding hydrogens is 243 g/mol. The number of ether oxygens (including phenoxy) is 1. The molecule has 0 unspecified atom stereocenters. The van der Waals surface area contributed by atoms with Crippen LogP contribution in [0.3, 0.4) is 0 Å². The fourth-order valence-electron chi connectivity index (χ4n) is 0.863. The molecule has 0 amide bonds. The van der Waals surface area contributed by atoms with Gasteiger partial charge in [0, 0.05) is 18.1 Å². The molecule has 92 valence electrons. The van der Waals surface area contributed by atoms with Gasteiger partial charge in [-0.3, -0.25) is 0 Å². The van der Waals surface area contributed by atoms with E-state index in [9.17, 15) is 13.2 Å². The standard InChI is InChI=1S/C8H12F3N3OS/c1-5(2)15-4-3-12-7-13-6(14-16-7)8(9,10)11/h5H,3-4H2,1-2H3,(H,12,13,14). The van der Waals surface area contributed by atoms with Crippen molar-refractivity contribution in [2.45, 2.75) is 26.1 Å². The first kappa shape index (κ1) is 13.2. The predicted octanol–water partition coefficient (Wildman–Crippen LogP) is 2.39. The van der Waals surface area contributed by atoms with Gasteiger partial charge in [-0.05, 0) is 13.8 Å². The Bertz CT molecular complexity index is 327. The summed E-state index contributed by atoms with van der Waals surface area (Å²) in [7, 11) is 0. The largest absolute Gasteiger partial charge is 0.452 e. The van der Waals surface area contributed by atoms with E-state index < -0.39 is 12.0 Å². The number of rotatable bonds is 5. The lowest BCUT2D eigenvalue weighted by molar-refractivity contribution is -0.144. The van der Waals surface area contributed by atoms with Gasteiger partial charge < -0.3 is 10.1 Å². The monoisotopic (exact) mass is 255 g/mol. The van der Waals surface area contributed by atoms with Crippen LogP contribution in [0.25, 0.3) is 0 Å². The minimum absolute atomic E-state index is 0.0990. The van der Waals surface area contributed by atoms with Gasteiger partial charge in [0.15, 0.2) is 0 Å². The maximum Gasteiger partial charge on any atom is 0.452 e. The highest BCUT2D eigenvalue weighted by Crippen LogP contribution is 2.28. The number of hydrogen-bond donors (Lipinski definition) is 1. The second kappa shape index (κ2) is 5.44. The second-order valence-corrected chi connectivity index (χ2v) is 4.02. The number of aromatic nitrogens is 2. The second-order valence-electron chi connectivity index (χ2n) is 3.27. The summed E-state index contributed by atoms with van der Waals surface area (Å²) < 4.78 is 44.8. The summed E-state index contributed by atoms with van der Waals surface area (Å²) in [5, 5.41) is 2.86. The molecule has 0 saturated heterocycles. The molecular formula is C8H12F3N3OS. The SMILES string of the molecule is CC(C)OCCNc1nc(C(F)(F)F)ns1. The Morgan fingerprint density at radius 2 is 2.12 bits per heavy atom. The smallest absolute Gasteiger partial charge is 0.377 e. The Labute approximate surface area is 95.0 Å². The number of hydrogen-bond acceptors (Lipinski definition) is 5. The van der Waals surface area contributed by atoms with Crippen LogP contribution in [0.4, 0.5) is 18.3 Å². The maximum absolute atomic E-state index is 12.1. The number of halogens is 3. The molecule has 0 saturated carbocycles. The molecule has 1 rings (SSSR count). The molecule has 8 heteroatoms. The summed E-state index contributed by atoms with van der Waals surface area (Å²) in [6.45, 7) is 4.59. The van der Waals surface area contributed by atoms with Crippen molar-refractivity contribution < 1.29 is 17.9 Å². The first-order valence-electron chi connectivity index (χ1n) is 4.66. The van der Waals surface area contributed by atoms with Crippen LogP contribution in [-0.4, -0.2) is 28.6 Å². The lowest BCUT2D eigenvalue weighted by atomic mass is 10.5. The lowest BCUT2D eigenvalue weighted by Crippen LogP contribution is -2.13. The molecule has 16 heavy (non-hydrogen) atoms.